The number of benzene rings is 1. The lowest BCUT2D eigenvalue weighted by atomic mass is 10.2. The fourth-order valence-electron chi connectivity index (χ4n) is 1.66. The van der Waals surface area contributed by atoms with Crippen molar-refractivity contribution in [1.82, 2.24) is 10.3 Å². The van der Waals surface area contributed by atoms with Gasteiger partial charge in [-0.2, -0.15) is 0 Å². The van der Waals surface area contributed by atoms with E-state index in [1.54, 1.807) is 6.07 Å². The maximum atomic E-state index is 12.0. The van der Waals surface area contributed by atoms with Gasteiger partial charge in [0.2, 0.25) is 0 Å². The largest absolute Gasteiger partial charge is 0.405 e. The van der Waals surface area contributed by atoms with Gasteiger partial charge >= 0.3 is 0 Å². The molecular formula is C13H13BrN4O. The van der Waals surface area contributed by atoms with Crippen molar-refractivity contribution < 1.29 is 4.79 Å². The Morgan fingerprint density at radius 1 is 1.32 bits per heavy atom. The third-order valence-electron chi connectivity index (χ3n) is 2.54. The van der Waals surface area contributed by atoms with Crippen molar-refractivity contribution in [1.29, 1.82) is 0 Å². The summed E-state index contributed by atoms with van der Waals surface area (Å²) in [6.45, 7) is 0. The zero-order chi connectivity index (χ0) is 13.8. The summed E-state index contributed by atoms with van der Waals surface area (Å²) in [6.07, 6.45) is 4.10. The average Bonchev–Trinajstić information content (AvgIpc) is 2.81. The van der Waals surface area contributed by atoms with E-state index < -0.39 is 0 Å². The lowest BCUT2D eigenvalue weighted by Gasteiger charge is -2.02. The highest BCUT2D eigenvalue weighted by Crippen LogP contribution is 2.20. The number of amides is 1. The fourth-order valence-corrected chi connectivity index (χ4v) is 2.02. The molecule has 1 aromatic heterocycles. The second-order valence-corrected chi connectivity index (χ2v) is 4.77. The third-order valence-corrected chi connectivity index (χ3v) is 3.04. The summed E-state index contributed by atoms with van der Waals surface area (Å²) in [5, 5.41) is 3.61. The third kappa shape index (κ3) is 2.97. The number of hydrogen-bond acceptors (Lipinski definition) is 3. The Labute approximate surface area is 118 Å². The molecule has 0 aliphatic carbocycles. The molecule has 0 saturated heterocycles. The molecule has 0 atom stereocenters. The Bertz CT molecular complexity index is 672. The molecule has 0 unspecified atom stereocenters. The van der Waals surface area contributed by atoms with Crippen LogP contribution in [0.4, 0.5) is 0 Å². The molecule has 98 valence electrons. The molecule has 5 nitrogen and oxygen atoms in total. The minimum atomic E-state index is -0.276. The number of hydrogen-bond donors (Lipinski definition) is 4. The Kier molecular flexibility index (Phi) is 3.91. The number of aromatic nitrogens is 1. The van der Waals surface area contributed by atoms with Gasteiger partial charge in [-0.1, -0.05) is 22.0 Å². The topological polar surface area (TPSA) is 96.9 Å². The Morgan fingerprint density at radius 2 is 2.11 bits per heavy atom. The number of nitrogens with one attached hydrogen (secondary N) is 2. The molecule has 2 rings (SSSR count). The van der Waals surface area contributed by atoms with E-state index in [-0.39, 0.29) is 5.91 Å². The summed E-state index contributed by atoms with van der Waals surface area (Å²) in [6, 6.07) is 7.52. The summed E-state index contributed by atoms with van der Waals surface area (Å²) in [5.41, 5.74) is 12.4. The van der Waals surface area contributed by atoms with Crippen LogP contribution in [0.3, 0.4) is 0 Å². The van der Waals surface area contributed by atoms with Crippen LogP contribution in [0.25, 0.3) is 10.9 Å². The lowest BCUT2D eigenvalue weighted by Crippen LogP contribution is -2.23. The molecule has 0 radical (unpaired) electrons. The van der Waals surface area contributed by atoms with Crippen molar-refractivity contribution >= 4 is 32.7 Å². The van der Waals surface area contributed by atoms with Crippen LogP contribution in [0.1, 0.15) is 10.5 Å². The van der Waals surface area contributed by atoms with Crippen molar-refractivity contribution in [2.75, 3.05) is 0 Å². The maximum absolute atomic E-state index is 12.0. The molecule has 2 aromatic rings. The number of carbonyl (C=O) groups is 1. The molecule has 0 aliphatic rings. The number of aromatic amines is 1. The second-order valence-electron chi connectivity index (χ2n) is 3.85. The number of halogens is 1. The van der Waals surface area contributed by atoms with Crippen LogP contribution >= 0.6 is 15.9 Å². The van der Waals surface area contributed by atoms with Gasteiger partial charge in [-0.3, -0.25) is 4.79 Å². The molecule has 19 heavy (non-hydrogen) atoms. The molecule has 6 heteroatoms. The van der Waals surface area contributed by atoms with Gasteiger partial charge in [0.1, 0.15) is 5.69 Å². The summed E-state index contributed by atoms with van der Waals surface area (Å²) in [7, 11) is 0. The fraction of sp³-hybridized carbons (Fsp3) is 0. The SMILES string of the molecule is N/C=C\C(=C/N)NC(=O)c1cc2ccc(Br)cc2[nH]1. The molecule has 0 bridgehead atoms. The highest BCUT2D eigenvalue weighted by molar-refractivity contribution is 9.10. The highest BCUT2D eigenvalue weighted by Gasteiger charge is 2.10. The standard InChI is InChI=1S/C13H13BrN4O/c14-9-2-1-8-5-12(18-11(8)6-9)13(19)17-10(7-16)3-4-15/h1-7,18H,15-16H2,(H,17,19)/b4-3-,10-7+. The molecule has 0 saturated carbocycles. The van der Waals surface area contributed by atoms with Crippen LogP contribution in [0.5, 0.6) is 0 Å². The zero-order valence-corrected chi connectivity index (χ0v) is 11.6. The predicted octanol–water partition coefficient (Wildman–Crippen LogP) is 1.93. The zero-order valence-electron chi connectivity index (χ0n) is 9.98. The van der Waals surface area contributed by atoms with Crippen LogP contribution in [-0.2, 0) is 0 Å². The van der Waals surface area contributed by atoms with E-state index in [1.165, 1.54) is 18.5 Å². The van der Waals surface area contributed by atoms with E-state index in [0.717, 1.165) is 15.4 Å². The van der Waals surface area contributed by atoms with Gasteiger partial charge in [0.25, 0.3) is 5.91 Å². The Morgan fingerprint density at radius 3 is 2.79 bits per heavy atom. The minimum Gasteiger partial charge on any atom is -0.405 e. The van der Waals surface area contributed by atoms with Crippen LogP contribution in [-0.4, -0.2) is 10.9 Å². The number of fused-ring (bicyclic) bond motifs is 1. The van der Waals surface area contributed by atoms with Crippen molar-refractivity contribution in [3.63, 3.8) is 0 Å². The van der Waals surface area contributed by atoms with Gasteiger partial charge in [-0.25, -0.2) is 0 Å². The maximum Gasteiger partial charge on any atom is 0.272 e. The lowest BCUT2D eigenvalue weighted by molar-refractivity contribution is 0.0963. The number of nitrogens with two attached hydrogens (primary N) is 2. The number of carbonyl (C=O) groups excluding carboxylic acids is 1. The summed E-state index contributed by atoms with van der Waals surface area (Å²) in [5.74, 6) is -0.276. The predicted molar refractivity (Wildman–Crippen MR) is 79.1 cm³/mol. The summed E-state index contributed by atoms with van der Waals surface area (Å²) in [4.78, 5) is 15.1. The molecule has 0 fully saturated rings. The van der Waals surface area contributed by atoms with Crippen LogP contribution < -0.4 is 16.8 Å². The van der Waals surface area contributed by atoms with E-state index >= 15 is 0 Å². The Balaban J connectivity index is 2.26. The number of rotatable bonds is 3. The van der Waals surface area contributed by atoms with Gasteiger partial charge in [0, 0.05) is 21.6 Å². The molecule has 0 aliphatic heterocycles. The van der Waals surface area contributed by atoms with Crippen molar-refractivity contribution in [2.24, 2.45) is 11.5 Å². The molecule has 6 N–H and O–H groups in total. The minimum absolute atomic E-state index is 0.276. The summed E-state index contributed by atoms with van der Waals surface area (Å²) >= 11 is 3.38. The summed E-state index contributed by atoms with van der Waals surface area (Å²) < 4.78 is 0.947. The number of allylic oxidation sites excluding steroid dienone is 1. The van der Waals surface area contributed by atoms with Crippen molar-refractivity contribution in [3.8, 4) is 0 Å². The van der Waals surface area contributed by atoms with Crippen molar-refractivity contribution in [2.45, 2.75) is 0 Å². The van der Waals surface area contributed by atoms with E-state index in [0.29, 0.717) is 11.4 Å². The average molecular weight is 321 g/mol. The first-order valence-electron chi connectivity index (χ1n) is 5.54. The van der Waals surface area contributed by atoms with Gasteiger partial charge in [0.15, 0.2) is 0 Å². The van der Waals surface area contributed by atoms with Gasteiger partial charge < -0.3 is 21.8 Å². The normalized spacial score (nSPS) is 12.2. The number of H-pyrrole nitrogens is 1. The second kappa shape index (κ2) is 5.62. The van der Waals surface area contributed by atoms with Crippen LogP contribution in [0.15, 0.2) is 52.9 Å². The van der Waals surface area contributed by atoms with Crippen LogP contribution in [0.2, 0.25) is 0 Å². The van der Waals surface area contributed by atoms with E-state index in [1.807, 2.05) is 18.2 Å². The first-order chi connectivity index (χ1) is 9.13. The molecule has 0 spiro atoms. The van der Waals surface area contributed by atoms with Gasteiger partial charge in [0.05, 0.1) is 5.70 Å². The monoisotopic (exact) mass is 320 g/mol. The molecule has 1 heterocycles. The first-order valence-corrected chi connectivity index (χ1v) is 6.33. The highest BCUT2D eigenvalue weighted by atomic mass is 79.9. The van der Waals surface area contributed by atoms with Gasteiger partial charge in [-0.05, 0) is 30.5 Å². The smallest absolute Gasteiger partial charge is 0.272 e. The quantitative estimate of drug-likeness (QED) is 0.650. The Hall–Kier alpha value is -2.21. The van der Waals surface area contributed by atoms with Gasteiger partial charge in [-0.15, -0.1) is 0 Å². The van der Waals surface area contributed by atoms with E-state index in [4.69, 9.17) is 11.5 Å². The molecule has 1 aromatic carbocycles. The van der Waals surface area contributed by atoms with Crippen molar-refractivity contribution in [3.05, 3.63) is 58.6 Å². The molecule has 1 amide bonds. The van der Waals surface area contributed by atoms with Crippen LogP contribution in [0, 0.1) is 0 Å². The first kappa shape index (κ1) is 13.2. The van der Waals surface area contributed by atoms with E-state index in [9.17, 15) is 4.79 Å². The molecular weight excluding hydrogens is 308 g/mol. The van der Waals surface area contributed by atoms with E-state index in [2.05, 4.69) is 26.2 Å².